The predicted octanol–water partition coefficient (Wildman–Crippen LogP) is 2.41. The van der Waals surface area contributed by atoms with Crippen LogP contribution in [-0.4, -0.2) is 34.2 Å². The zero-order valence-corrected chi connectivity index (χ0v) is 10.3. The third kappa shape index (κ3) is 1.82. The number of hydrogen-bond donors (Lipinski definition) is 1. The van der Waals surface area contributed by atoms with E-state index in [-0.39, 0.29) is 17.2 Å². The van der Waals surface area contributed by atoms with Crippen molar-refractivity contribution < 1.29 is 5.11 Å². The molecule has 1 aliphatic heterocycles. The summed E-state index contributed by atoms with van der Waals surface area (Å²) in [6.45, 7) is 8.92. The Balaban J connectivity index is 2.94. The van der Waals surface area contributed by atoms with Crippen molar-refractivity contribution in [2.45, 2.75) is 70.6 Å². The molecule has 2 heteroatoms. The predicted molar refractivity (Wildman–Crippen MR) is 60.4 cm³/mol. The quantitative estimate of drug-likeness (QED) is 0.738. The minimum atomic E-state index is -0.124. The molecular weight excluding hydrogens is 174 g/mol. The summed E-state index contributed by atoms with van der Waals surface area (Å²) < 4.78 is 0. The van der Waals surface area contributed by atoms with E-state index in [1.165, 1.54) is 0 Å². The van der Waals surface area contributed by atoms with Gasteiger partial charge in [0.15, 0.2) is 0 Å². The van der Waals surface area contributed by atoms with Gasteiger partial charge >= 0.3 is 0 Å². The van der Waals surface area contributed by atoms with Gasteiger partial charge in [-0.25, -0.2) is 0 Å². The van der Waals surface area contributed by atoms with E-state index in [1.54, 1.807) is 0 Å². The van der Waals surface area contributed by atoms with Gasteiger partial charge in [0.05, 0.1) is 6.10 Å². The Labute approximate surface area is 88.3 Å². The first kappa shape index (κ1) is 12.0. The van der Waals surface area contributed by atoms with E-state index in [0.29, 0.717) is 0 Å². The standard InChI is InChI=1S/C12H25NO/c1-6-12(7-2)9-10(14)8-11(3,4)13(12)5/h10,14H,6-9H2,1-5H3. The molecular formula is C12H25NO. The third-order valence-electron chi connectivity index (χ3n) is 4.29. The highest BCUT2D eigenvalue weighted by atomic mass is 16.3. The molecule has 0 spiro atoms. The van der Waals surface area contributed by atoms with Gasteiger partial charge in [-0.15, -0.1) is 0 Å². The molecule has 1 N–H and O–H groups in total. The van der Waals surface area contributed by atoms with Gasteiger partial charge in [-0.05, 0) is 46.6 Å². The molecule has 0 bridgehead atoms. The monoisotopic (exact) mass is 199 g/mol. The number of aliphatic hydroxyl groups excluding tert-OH is 1. The highest BCUT2D eigenvalue weighted by Gasteiger charge is 2.45. The van der Waals surface area contributed by atoms with E-state index < -0.39 is 0 Å². The highest BCUT2D eigenvalue weighted by molar-refractivity contribution is 5.01. The van der Waals surface area contributed by atoms with Crippen molar-refractivity contribution in [3.63, 3.8) is 0 Å². The second-order valence-corrected chi connectivity index (χ2v) is 5.36. The lowest BCUT2D eigenvalue weighted by Gasteiger charge is -2.55. The van der Waals surface area contributed by atoms with Gasteiger partial charge in [0, 0.05) is 11.1 Å². The van der Waals surface area contributed by atoms with Crippen molar-refractivity contribution in [2.24, 2.45) is 0 Å². The maximum Gasteiger partial charge on any atom is 0.0575 e. The van der Waals surface area contributed by atoms with Gasteiger partial charge in [-0.3, -0.25) is 4.90 Å². The molecule has 1 saturated heterocycles. The van der Waals surface area contributed by atoms with E-state index in [2.05, 4.69) is 39.6 Å². The van der Waals surface area contributed by atoms with Crippen molar-refractivity contribution in [1.82, 2.24) is 4.90 Å². The molecule has 1 unspecified atom stereocenters. The Hall–Kier alpha value is -0.0800. The maximum absolute atomic E-state index is 9.93. The van der Waals surface area contributed by atoms with Gasteiger partial charge < -0.3 is 5.11 Å². The van der Waals surface area contributed by atoms with E-state index >= 15 is 0 Å². The van der Waals surface area contributed by atoms with Crippen LogP contribution in [0.4, 0.5) is 0 Å². The van der Waals surface area contributed by atoms with Crippen molar-refractivity contribution in [3.05, 3.63) is 0 Å². The van der Waals surface area contributed by atoms with E-state index in [4.69, 9.17) is 0 Å². The summed E-state index contributed by atoms with van der Waals surface area (Å²) in [4.78, 5) is 2.48. The van der Waals surface area contributed by atoms with Crippen LogP contribution in [0.5, 0.6) is 0 Å². The average molecular weight is 199 g/mol. The van der Waals surface area contributed by atoms with Gasteiger partial charge in [0.25, 0.3) is 0 Å². The van der Waals surface area contributed by atoms with E-state index in [9.17, 15) is 5.11 Å². The Bertz CT molecular complexity index is 196. The molecule has 1 heterocycles. The third-order valence-corrected chi connectivity index (χ3v) is 4.29. The second-order valence-electron chi connectivity index (χ2n) is 5.36. The molecule has 1 fully saturated rings. The maximum atomic E-state index is 9.93. The molecule has 84 valence electrons. The Morgan fingerprint density at radius 3 is 2.14 bits per heavy atom. The lowest BCUT2D eigenvalue weighted by Crippen LogP contribution is -2.62. The first-order valence-electron chi connectivity index (χ1n) is 5.80. The van der Waals surface area contributed by atoms with Gasteiger partial charge in [-0.2, -0.15) is 0 Å². The van der Waals surface area contributed by atoms with Crippen molar-refractivity contribution in [1.29, 1.82) is 0 Å². The van der Waals surface area contributed by atoms with Crippen LogP contribution in [0.15, 0.2) is 0 Å². The molecule has 0 amide bonds. The molecule has 0 aliphatic carbocycles. The first-order chi connectivity index (χ1) is 6.38. The molecule has 0 aromatic carbocycles. The van der Waals surface area contributed by atoms with E-state index in [1.807, 2.05) is 0 Å². The smallest absolute Gasteiger partial charge is 0.0575 e. The minimum Gasteiger partial charge on any atom is -0.393 e. The lowest BCUT2D eigenvalue weighted by atomic mass is 9.74. The van der Waals surface area contributed by atoms with Crippen LogP contribution in [-0.2, 0) is 0 Å². The molecule has 1 aliphatic rings. The normalized spacial score (nSPS) is 31.7. The Kier molecular flexibility index (Phi) is 3.27. The van der Waals surface area contributed by atoms with Gasteiger partial charge in [0.2, 0.25) is 0 Å². The number of nitrogens with zero attached hydrogens (tertiary/aromatic N) is 1. The molecule has 0 aromatic heterocycles. The highest BCUT2D eigenvalue weighted by Crippen LogP contribution is 2.41. The first-order valence-corrected chi connectivity index (χ1v) is 5.80. The van der Waals surface area contributed by atoms with Crippen molar-refractivity contribution in [2.75, 3.05) is 7.05 Å². The number of piperidine rings is 1. The Morgan fingerprint density at radius 1 is 1.21 bits per heavy atom. The van der Waals surface area contributed by atoms with Crippen LogP contribution in [0.3, 0.4) is 0 Å². The molecule has 1 atom stereocenters. The van der Waals surface area contributed by atoms with Crippen molar-refractivity contribution >= 4 is 0 Å². The molecule has 0 saturated carbocycles. The summed E-state index contributed by atoms with van der Waals surface area (Å²) in [5.74, 6) is 0. The van der Waals surface area contributed by atoms with Crippen LogP contribution in [0.2, 0.25) is 0 Å². The largest absolute Gasteiger partial charge is 0.393 e. The summed E-state index contributed by atoms with van der Waals surface area (Å²) in [5, 5.41) is 9.93. The summed E-state index contributed by atoms with van der Waals surface area (Å²) in [5.41, 5.74) is 0.338. The van der Waals surface area contributed by atoms with Gasteiger partial charge in [0.1, 0.15) is 0 Å². The van der Waals surface area contributed by atoms with Crippen LogP contribution in [0, 0.1) is 0 Å². The number of rotatable bonds is 2. The van der Waals surface area contributed by atoms with Crippen molar-refractivity contribution in [3.8, 4) is 0 Å². The lowest BCUT2D eigenvalue weighted by molar-refractivity contribution is -0.0842. The molecule has 1 rings (SSSR count). The topological polar surface area (TPSA) is 23.5 Å². The zero-order chi connectivity index (χ0) is 11.0. The van der Waals surface area contributed by atoms with Crippen LogP contribution < -0.4 is 0 Å². The van der Waals surface area contributed by atoms with Gasteiger partial charge in [-0.1, -0.05) is 13.8 Å². The van der Waals surface area contributed by atoms with E-state index in [0.717, 1.165) is 25.7 Å². The molecule has 0 aromatic rings. The fraction of sp³-hybridized carbons (Fsp3) is 1.00. The Morgan fingerprint density at radius 2 is 1.71 bits per heavy atom. The number of aliphatic hydroxyl groups is 1. The van der Waals surface area contributed by atoms with Crippen LogP contribution >= 0.6 is 0 Å². The summed E-state index contributed by atoms with van der Waals surface area (Å²) in [6, 6.07) is 0. The summed E-state index contributed by atoms with van der Waals surface area (Å²) in [6.07, 6.45) is 3.95. The fourth-order valence-corrected chi connectivity index (χ4v) is 3.02. The van der Waals surface area contributed by atoms with Crippen LogP contribution in [0.1, 0.15) is 53.4 Å². The fourth-order valence-electron chi connectivity index (χ4n) is 3.02. The zero-order valence-electron chi connectivity index (χ0n) is 10.3. The summed E-state index contributed by atoms with van der Waals surface area (Å²) in [7, 11) is 2.21. The number of likely N-dealkylation sites (tertiary alicyclic amines) is 1. The minimum absolute atomic E-state index is 0.124. The average Bonchev–Trinajstić information content (AvgIpc) is 2.11. The number of hydrogen-bond acceptors (Lipinski definition) is 2. The molecule has 0 radical (unpaired) electrons. The molecule has 14 heavy (non-hydrogen) atoms. The summed E-state index contributed by atoms with van der Waals surface area (Å²) >= 11 is 0. The van der Waals surface area contributed by atoms with Crippen LogP contribution in [0.25, 0.3) is 0 Å². The SMILES string of the molecule is CCC1(CC)CC(O)CC(C)(C)N1C. The molecule has 2 nitrogen and oxygen atoms in total. The second kappa shape index (κ2) is 3.82.